The highest BCUT2D eigenvalue weighted by Crippen LogP contribution is 2.42. The maximum Gasteiger partial charge on any atom is 0.192 e. The van der Waals surface area contributed by atoms with Crippen molar-refractivity contribution in [1.29, 1.82) is 0 Å². The summed E-state index contributed by atoms with van der Waals surface area (Å²) in [5.41, 5.74) is 6.99. The topological polar surface area (TPSA) is 60.1 Å². The van der Waals surface area contributed by atoms with Crippen molar-refractivity contribution >= 4 is 17.6 Å². The summed E-state index contributed by atoms with van der Waals surface area (Å²) in [6, 6.07) is 4.15. The number of rotatable bonds is 5. The number of halogens is 1. The van der Waals surface area contributed by atoms with E-state index in [2.05, 4.69) is 23.7 Å². The first kappa shape index (κ1) is 15.8. The third-order valence-corrected chi connectivity index (χ3v) is 4.36. The summed E-state index contributed by atoms with van der Waals surface area (Å²) in [6.45, 7) is 4.87. The molecular weight excluding hydrogens is 290 g/mol. The Hall–Kier alpha value is -1.62. The minimum Gasteiger partial charge on any atom is -0.493 e. The molecule has 0 bridgehead atoms. The summed E-state index contributed by atoms with van der Waals surface area (Å²) in [5.74, 6) is 1.74. The SMILES string of the molecule is CCC(C)N1C(N)=NCC1c1ccc(OC)c(OC)c1Cl. The molecule has 0 saturated carbocycles. The van der Waals surface area contributed by atoms with E-state index in [1.165, 1.54) is 0 Å². The quantitative estimate of drug-likeness (QED) is 0.908. The molecule has 1 aliphatic rings. The lowest BCUT2D eigenvalue weighted by Crippen LogP contribution is -2.42. The van der Waals surface area contributed by atoms with Gasteiger partial charge in [0, 0.05) is 6.04 Å². The van der Waals surface area contributed by atoms with Gasteiger partial charge in [-0.25, -0.2) is 0 Å². The number of hydrogen-bond donors (Lipinski definition) is 1. The van der Waals surface area contributed by atoms with Gasteiger partial charge < -0.3 is 20.1 Å². The average molecular weight is 312 g/mol. The normalized spacial score (nSPS) is 19.4. The lowest BCUT2D eigenvalue weighted by atomic mass is 10.0. The second kappa shape index (κ2) is 6.43. The number of aliphatic imine (C=N–C) groups is 1. The van der Waals surface area contributed by atoms with E-state index >= 15 is 0 Å². The van der Waals surface area contributed by atoms with Crippen LogP contribution in [-0.2, 0) is 0 Å². The van der Waals surface area contributed by atoms with Gasteiger partial charge in [0.1, 0.15) is 0 Å². The number of nitrogens with zero attached hydrogens (tertiary/aromatic N) is 2. The number of benzene rings is 1. The third-order valence-electron chi connectivity index (χ3n) is 3.97. The van der Waals surface area contributed by atoms with Crippen molar-refractivity contribution in [3.8, 4) is 11.5 Å². The van der Waals surface area contributed by atoms with Gasteiger partial charge in [-0.2, -0.15) is 0 Å². The van der Waals surface area contributed by atoms with Crippen LogP contribution in [0.15, 0.2) is 17.1 Å². The summed E-state index contributed by atoms with van der Waals surface area (Å²) in [6.07, 6.45) is 0.984. The second-order valence-electron chi connectivity index (χ2n) is 5.08. The highest BCUT2D eigenvalue weighted by atomic mass is 35.5. The van der Waals surface area contributed by atoms with Crippen molar-refractivity contribution in [2.45, 2.75) is 32.4 Å². The van der Waals surface area contributed by atoms with Gasteiger partial charge in [-0.1, -0.05) is 24.6 Å². The first-order valence-corrected chi connectivity index (χ1v) is 7.41. The van der Waals surface area contributed by atoms with Crippen LogP contribution < -0.4 is 15.2 Å². The molecule has 0 spiro atoms. The lowest BCUT2D eigenvalue weighted by molar-refractivity contribution is 0.267. The van der Waals surface area contributed by atoms with Gasteiger partial charge in [-0.3, -0.25) is 4.99 Å². The molecule has 1 heterocycles. The van der Waals surface area contributed by atoms with E-state index in [9.17, 15) is 0 Å². The molecule has 1 aromatic carbocycles. The van der Waals surface area contributed by atoms with Crippen LogP contribution in [0.1, 0.15) is 31.9 Å². The van der Waals surface area contributed by atoms with E-state index in [1.54, 1.807) is 14.2 Å². The maximum atomic E-state index is 6.51. The molecule has 1 aliphatic heterocycles. The Morgan fingerprint density at radius 3 is 2.71 bits per heavy atom. The van der Waals surface area contributed by atoms with E-state index in [0.717, 1.165) is 12.0 Å². The maximum absolute atomic E-state index is 6.51. The van der Waals surface area contributed by atoms with Gasteiger partial charge in [-0.05, 0) is 25.0 Å². The Bertz CT molecular complexity index is 548. The first-order chi connectivity index (χ1) is 10.0. The van der Waals surface area contributed by atoms with Crippen molar-refractivity contribution in [2.24, 2.45) is 10.7 Å². The van der Waals surface area contributed by atoms with Crippen molar-refractivity contribution in [3.05, 3.63) is 22.7 Å². The van der Waals surface area contributed by atoms with Crippen LogP contribution in [0, 0.1) is 0 Å². The minimum atomic E-state index is 0.0345. The van der Waals surface area contributed by atoms with Gasteiger partial charge in [0.15, 0.2) is 17.5 Å². The Kier molecular flexibility index (Phi) is 4.83. The highest BCUT2D eigenvalue weighted by molar-refractivity contribution is 6.33. The number of methoxy groups -OCH3 is 2. The summed E-state index contributed by atoms with van der Waals surface area (Å²) < 4.78 is 10.6. The van der Waals surface area contributed by atoms with Crippen LogP contribution in [0.4, 0.5) is 0 Å². The Labute approximate surface area is 130 Å². The lowest BCUT2D eigenvalue weighted by Gasteiger charge is -2.32. The second-order valence-corrected chi connectivity index (χ2v) is 5.46. The first-order valence-electron chi connectivity index (χ1n) is 7.03. The Morgan fingerprint density at radius 1 is 1.43 bits per heavy atom. The predicted octanol–water partition coefficient (Wildman–Crippen LogP) is 2.83. The molecule has 2 atom stereocenters. The molecule has 0 aliphatic carbocycles. The highest BCUT2D eigenvalue weighted by Gasteiger charge is 2.33. The zero-order valence-electron chi connectivity index (χ0n) is 12.9. The van der Waals surface area contributed by atoms with Crippen molar-refractivity contribution in [1.82, 2.24) is 4.90 Å². The van der Waals surface area contributed by atoms with Crippen LogP contribution >= 0.6 is 11.6 Å². The Balaban J connectivity index is 2.42. The van der Waals surface area contributed by atoms with Gasteiger partial charge in [0.2, 0.25) is 0 Å². The number of ether oxygens (including phenoxy) is 2. The molecule has 0 fully saturated rings. The fourth-order valence-corrected chi connectivity index (χ4v) is 3.01. The van der Waals surface area contributed by atoms with Crippen molar-refractivity contribution < 1.29 is 9.47 Å². The molecule has 0 aromatic heterocycles. The third kappa shape index (κ3) is 2.75. The molecule has 2 N–H and O–H groups in total. The summed E-state index contributed by atoms with van der Waals surface area (Å²) in [5, 5.41) is 0.556. The van der Waals surface area contributed by atoms with Gasteiger partial charge in [0.25, 0.3) is 0 Å². The summed E-state index contributed by atoms with van der Waals surface area (Å²) in [7, 11) is 3.18. The molecule has 2 unspecified atom stereocenters. The molecule has 5 nitrogen and oxygen atoms in total. The smallest absolute Gasteiger partial charge is 0.192 e. The van der Waals surface area contributed by atoms with E-state index in [1.807, 2.05) is 12.1 Å². The molecular formula is C15H22ClN3O2. The Morgan fingerprint density at radius 2 is 2.14 bits per heavy atom. The minimum absolute atomic E-state index is 0.0345. The van der Waals surface area contributed by atoms with Crippen LogP contribution in [0.3, 0.4) is 0 Å². The van der Waals surface area contributed by atoms with Gasteiger partial charge in [0.05, 0.1) is 31.8 Å². The predicted molar refractivity (Wildman–Crippen MR) is 85.4 cm³/mol. The van der Waals surface area contributed by atoms with Crippen molar-refractivity contribution in [3.63, 3.8) is 0 Å². The molecule has 1 aromatic rings. The zero-order valence-corrected chi connectivity index (χ0v) is 13.6. The molecule has 6 heteroatoms. The summed E-state index contributed by atoms with van der Waals surface area (Å²) >= 11 is 6.51. The summed E-state index contributed by atoms with van der Waals surface area (Å²) in [4.78, 5) is 6.49. The number of guanidine groups is 1. The van der Waals surface area contributed by atoms with E-state index in [0.29, 0.717) is 35.1 Å². The van der Waals surface area contributed by atoms with Crippen molar-refractivity contribution in [2.75, 3.05) is 20.8 Å². The number of hydrogen-bond acceptors (Lipinski definition) is 5. The van der Waals surface area contributed by atoms with Gasteiger partial charge in [-0.15, -0.1) is 0 Å². The van der Waals surface area contributed by atoms with Crippen LogP contribution in [0.25, 0.3) is 0 Å². The van der Waals surface area contributed by atoms with Gasteiger partial charge >= 0.3 is 0 Å². The zero-order chi connectivity index (χ0) is 15.6. The van der Waals surface area contributed by atoms with E-state index in [4.69, 9.17) is 26.8 Å². The monoisotopic (exact) mass is 311 g/mol. The molecule has 116 valence electrons. The van der Waals surface area contributed by atoms with Crippen LogP contribution in [0.5, 0.6) is 11.5 Å². The molecule has 2 rings (SSSR count). The average Bonchev–Trinajstić information content (AvgIpc) is 2.87. The fourth-order valence-electron chi connectivity index (χ4n) is 2.65. The molecule has 21 heavy (non-hydrogen) atoms. The van der Waals surface area contributed by atoms with E-state index < -0.39 is 0 Å². The van der Waals surface area contributed by atoms with E-state index in [-0.39, 0.29) is 6.04 Å². The van der Waals surface area contributed by atoms with Crippen LogP contribution in [0.2, 0.25) is 5.02 Å². The van der Waals surface area contributed by atoms with Crippen LogP contribution in [-0.4, -0.2) is 37.7 Å². The standard InChI is InChI=1S/C15H22ClN3O2/c1-5-9(2)19-11(8-18-15(19)17)10-6-7-12(20-3)14(21-4)13(10)16/h6-7,9,11H,5,8H2,1-4H3,(H2,17,18). The molecule has 0 radical (unpaired) electrons. The fraction of sp³-hybridized carbons (Fsp3) is 0.533. The largest absolute Gasteiger partial charge is 0.493 e. The molecule has 0 amide bonds. The number of nitrogens with two attached hydrogens (primary N) is 1. The molecule has 0 saturated heterocycles.